The summed E-state index contributed by atoms with van der Waals surface area (Å²) in [6, 6.07) is 22.8. The molecule has 3 heterocycles. The molecule has 2 aromatic carbocycles. The molecule has 0 aliphatic carbocycles. The number of fused-ring (bicyclic) bond motifs is 1. The number of pyridine rings is 1. The fourth-order valence-electron chi connectivity index (χ4n) is 3.50. The van der Waals surface area contributed by atoms with E-state index in [9.17, 15) is 4.79 Å². The molecule has 0 fully saturated rings. The molecular formula is C26H22N6OS2. The summed E-state index contributed by atoms with van der Waals surface area (Å²) in [5, 5.41) is 7.12. The number of thiazole rings is 1. The van der Waals surface area contributed by atoms with Gasteiger partial charge in [0.1, 0.15) is 26.9 Å². The average Bonchev–Trinajstić information content (AvgIpc) is 3.34. The lowest BCUT2D eigenvalue weighted by molar-refractivity contribution is 0.102. The number of carbonyl (C=O) groups is 1. The van der Waals surface area contributed by atoms with Gasteiger partial charge in [-0.15, -0.1) is 0 Å². The fourth-order valence-corrected chi connectivity index (χ4v) is 4.75. The Labute approximate surface area is 211 Å². The molecule has 9 heteroatoms. The molecule has 0 bridgehead atoms. The van der Waals surface area contributed by atoms with Crippen molar-refractivity contribution < 1.29 is 4.79 Å². The van der Waals surface area contributed by atoms with Crippen molar-refractivity contribution in [2.75, 3.05) is 29.2 Å². The molecule has 0 saturated heterocycles. The van der Waals surface area contributed by atoms with Gasteiger partial charge in [0.15, 0.2) is 5.82 Å². The number of carbonyl (C=O) groups excluding carboxylic acids is 1. The monoisotopic (exact) mass is 498 g/mol. The number of hydrogen-bond acceptors (Lipinski definition) is 8. The number of nitrogens with zero attached hydrogens (tertiary/aromatic N) is 4. The Morgan fingerprint density at radius 1 is 0.971 bits per heavy atom. The molecule has 0 saturated carbocycles. The van der Waals surface area contributed by atoms with Crippen molar-refractivity contribution in [3.63, 3.8) is 0 Å². The van der Waals surface area contributed by atoms with Gasteiger partial charge in [0.2, 0.25) is 0 Å². The molecule has 0 atom stereocenters. The van der Waals surface area contributed by atoms with Crippen molar-refractivity contribution in [1.82, 2.24) is 19.9 Å². The van der Waals surface area contributed by atoms with Crippen LogP contribution in [0.15, 0.2) is 79.0 Å². The molecule has 0 radical (unpaired) electrons. The number of hydrogen-bond donors (Lipinski definition) is 2. The summed E-state index contributed by atoms with van der Waals surface area (Å²) in [4.78, 5) is 32.5. The van der Waals surface area contributed by atoms with Gasteiger partial charge < -0.3 is 10.6 Å². The van der Waals surface area contributed by atoms with Crippen molar-refractivity contribution in [2.24, 2.45) is 0 Å². The van der Waals surface area contributed by atoms with E-state index in [1.165, 1.54) is 11.3 Å². The van der Waals surface area contributed by atoms with E-state index in [0.29, 0.717) is 17.3 Å². The van der Waals surface area contributed by atoms with E-state index in [1.807, 2.05) is 66.7 Å². The minimum Gasteiger partial charge on any atom is -0.369 e. The number of para-hydroxylation sites is 1. The van der Waals surface area contributed by atoms with Crippen LogP contribution in [0.3, 0.4) is 0 Å². The minimum atomic E-state index is -0.316. The first-order valence-electron chi connectivity index (χ1n) is 11.0. The van der Waals surface area contributed by atoms with Crippen molar-refractivity contribution >= 4 is 50.9 Å². The highest BCUT2D eigenvalue weighted by Gasteiger charge is 2.17. The third kappa shape index (κ3) is 5.31. The summed E-state index contributed by atoms with van der Waals surface area (Å²) in [5.74, 6) is 1.72. The van der Waals surface area contributed by atoms with Gasteiger partial charge in [0.25, 0.3) is 5.91 Å². The van der Waals surface area contributed by atoms with Gasteiger partial charge in [-0.25, -0.2) is 19.9 Å². The molecule has 174 valence electrons. The Bertz CT molecular complexity index is 1440. The predicted octanol–water partition coefficient (Wildman–Crippen LogP) is 5.84. The zero-order valence-corrected chi connectivity index (χ0v) is 20.6. The molecule has 0 aliphatic rings. The van der Waals surface area contributed by atoms with Crippen LogP contribution in [0.25, 0.3) is 32.3 Å². The molecule has 0 spiro atoms. The maximum atomic E-state index is 13.4. The van der Waals surface area contributed by atoms with E-state index in [4.69, 9.17) is 4.98 Å². The molecule has 0 unspecified atom stereocenters. The van der Waals surface area contributed by atoms with E-state index in [-0.39, 0.29) is 11.6 Å². The summed E-state index contributed by atoms with van der Waals surface area (Å²) < 4.78 is 0. The number of nitrogens with one attached hydrogen (secondary N) is 2. The van der Waals surface area contributed by atoms with Gasteiger partial charge in [0, 0.05) is 35.7 Å². The molecule has 2 N–H and O–H groups in total. The third-order valence-corrected chi connectivity index (χ3v) is 6.80. The summed E-state index contributed by atoms with van der Waals surface area (Å²) in [6.45, 7) is 0.738. The Balaban J connectivity index is 1.47. The van der Waals surface area contributed by atoms with Crippen LogP contribution in [0.5, 0.6) is 0 Å². The summed E-state index contributed by atoms with van der Waals surface area (Å²) >= 11 is 3.23. The topological polar surface area (TPSA) is 92.7 Å². The van der Waals surface area contributed by atoms with Crippen LogP contribution in [-0.2, 0) is 0 Å². The Morgan fingerprint density at radius 3 is 2.63 bits per heavy atom. The second-order valence-electron chi connectivity index (χ2n) is 7.59. The molecule has 0 aliphatic heterocycles. The fraction of sp³-hybridized carbons (Fsp3) is 0.115. The predicted molar refractivity (Wildman–Crippen MR) is 145 cm³/mol. The van der Waals surface area contributed by atoms with Gasteiger partial charge in [-0.05, 0) is 30.5 Å². The maximum absolute atomic E-state index is 13.4. The Kier molecular flexibility index (Phi) is 6.97. The van der Waals surface area contributed by atoms with Crippen LogP contribution in [-0.4, -0.2) is 44.4 Å². The van der Waals surface area contributed by atoms with Crippen molar-refractivity contribution in [2.45, 2.75) is 0 Å². The summed E-state index contributed by atoms with van der Waals surface area (Å²) in [7, 11) is 0. The van der Waals surface area contributed by atoms with Crippen molar-refractivity contribution in [1.29, 1.82) is 0 Å². The Hall–Kier alpha value is -3.82. The zero-order valence-electron chi connectivity index (χ0n) is 18.9. The Morgan fingerprint density at radius 2 is 1.80 bits per heavy atom. The number of amides is 1. The first kappa shape index (κ1) is 22.9. The van der Waals surface area contributed by atoms with Crippen LogP contribution in [0.2, 0.25) is 0 Å². The molecular weight excluding hydrogens is 476 g/mol. The molecule has 7 nitrogen and oxygen atoms in total. The number of rotatable bonds is 8. The zero-order chi connectivity index (χ0) is 24.0. The highest BCUT2D eigenvalue weighted by Crippen LogP contribution is 2.33. The van der Waals surface area contributed by atoms with E-state index < -0.39 is 0 Å². The number of aromatic nitrogens is 4. The van der Waals surface area contributed by atoms with Gasteiger partial charge in [-0.1, -0.05) is 53.8 Å². The number of anilines is 2. The van der Waals surface area contributed by atoms with Crippen LogP contribution >= 0.6 is 23.1 Å². The van der Waals surface area contributed by atoms with Crippen LogP contribution in [0.4, 0.5) is 11.5 Å². The SMILES string of the molecule is CSCCNc1cc(C(=O)Nc2ccccc2-c2nc3cccnc3s2)nc(-c2ccccc2)n1. The minimum absolute atomic E-state index is 0.284. The molecule has 1 amide bonds. The first-order valence-corrected chi connectivity index (χ1v) is 13.2. The lowest BCUT2D eigenvalue weighted by Gasteiger charge is -2.12. The highest BCUT2D eigenvalue weighted by molar-refractivity contribution is 7.98. The molecule has 5 rings (SSSR count). The third-order valence-electron chi connectivity index (χ3n) is 5.18. The van der Waals surface area contributed by atoms with Crippen LogP contribution < -0.4 is 10.6 Å². The number of thioether (sulfide) groups is 1. The average molecular weight is 499 g/mol. The van der Waals surface area contributed by atoms with Crippen molar-refractivity contribution in [3.8, 4) is 22.0 Å². The first-order chi connectivity index (χ1) is 17.2. The van der Waals surface area contributed by atoms with E-state index in [2.05, 4.69) is 31.8 Å². The summed E-state index contributed by atoms with van der Waals surface area (Å²) in [6.07, 6.45) is 3.80. The van der Waals surface area contributed by atoms with Gasteiger partial charge in [-0.2, -0.15) is 11.8 Å². The van der Waals surface area contributed by atoms with E-state index in [0.717, 1.165) is 38.8 Å². The summed E-state index contributed by atoms with van der Waals surface area (Å²) in [5.41, 5.74) is 3.45. The van der Waals surface area contributed by atoms with Crippen LogP contribution in [0.1, 0.15) is 10.5 Å². The van der Waals surface area contributed by atoms with E-state index >= 15 is 0 Å². The second-order valence-corrected chi connectivity index (χ2v) is 9.56. The quantitative estimate of drug-likeness (QED) is 0.260. The van der Waals surface area contributed by atoms with E-state index in [1.54, 1.807) is 24.0 Å². The highest BCUT2D eigenvalue weighted by atomic mass is 32.2. The standard InChI is InChI=1S/C26H22N6OS2/c1-34-15-14-27-22-16-21(29-23(32-22)17-8-3-2-4-9-17)24(33)30-19-11-6-5-10-18(19)25-31-20-12-7-13-28-26(20)35-25/h2-13,16H,14-15H2,1H3,(H,30,33)(H,27,29,32). The lowest BCUT2D eigenvalue weighted by Crippen LogP contribution is -2.16. The van der Waals surface area contributed by atoms with Crippen molar-refractivity contribution in [3.05, 3.63) is 84.7 Å². The molecule has 3 aromatic heterocycles. The van der Waals surface area contributed by atoms with Gasteiger partial charge in [-0.3, -0.25) is 4.79 Å². The lowest BCUT2D eigenvalue weighted by atomic mass is 10.1. The molecule has 5 aromatic rings. The molecule has 35 heavy (non-hydrogen) atoms. The number of benzene rings is 2. The smallest absolute Gasteiger partial charge is 0.274 e. The largest absolute Gasteiger partial charge is 0.369 e. The van der Waals surface area contributed by atoms with Gasteiger partial charge in [0.05, 0.1) is 5.69 Å². The second kappa shape index (κ2) is 10.6. The van der Waals surface area contributed by atoms with Gasteiger partial charge >= 0.3 is 0 Å². The van der Waals surface area contributed by atoms with Crippen LogP contribution in [0, 0.1) is 0 Å². The normalized spacial score (nSPS) is 10.9. The maximum Gasteiger partial charge on any atom is 0.274 e.